The van der Waals surface area contributed by atoms with Gasteiger partial charge >= 0.3 is 0 Å². The van der Waals surface area contributed by atoms with Crippen LogP contribution < -0.4 is 0 Å². The lowest BCUT2D eigenvalue weighted by Crippen LogP contribution is -2.29. The van der Waals surface area contributed by atoms with Crippen LogP contribution in [-0.2, 0) is 4.74 Å². The third-order valence-electron chi connectivity index (χ3n) is 3.56. The monoisotopic (exact) mass is 267 g/mol. The summed E-state index contributed by atoms with van der Waals surface area (Å²) in [7, 11) is 0. The van der Waals surface area contributed by atoms with E-state index in [0.717, 1.165) is 24.8 Å². The first kappa shape index (κ1) is 14.6. The largest absolute Gasteiger partial charge is 0.356 e. The van der Waals surface area contributed by atoms with Gasteiger partial charge < -0.3 is 4.74 Å². The average Bonchev–Trinajstić information content (AvgIpc) is 2.53. The highest BCUT2D eigenvalue weighted by Crippen LogP contribution is 2.29. The van der Waals surface area contributed by atoms with E-state index in [1.165, 1.54) is 5.56 Å². The lowest BCUT2D eigenvalue weighted by atomic mass is 9.90. The number of nitrogens with zero attached hydrogens (tertiary/aromatic N) is 1. The van der Waals surface area contributed by atoms with Gasteiger partial charge in [0.15, 0.2) is 5.60 Å². The zero-order valence-corrected chi connectivity index (χ0v) is 12.0. The van der Waals surface area contributed by atoms with Gasteiger partial charge in [-0.15, -0.1) is 0 Å². The van der Waals surface area contributed by atoms with E-state index in [0.29, 0.717) is 13.0 Å². The molecule has 0 bridgehead atoms. The summed E-state index contributed by atoms with van der Waals surface area (Å²) in [6.45, 7) is 2.82. The molecular formula is C18H21NO. The minimum absolute atomic E-state index is 0.621. The Morgan fingerprint density at radius 1 is 1.25 bits per heavy atom. The smallest absolute Gasteiger partial charge is 0.176 e. The average molecular weight is 267 g/mol. The maximum Gasteiger partial charge on any atom is 0.176 e. The molecule has 0 aliphatic heterocycles. The van der Waals surface area contributed by atoms with Crippen molar-refractivity contribution in [2.75, 3.05) is 6.61 Å². The molecule has 1 aliphatic carbocycles. The van der Waals surface area contributed by atoms with Gasteiger partial charge in [-0.25, -0.2) is 0 Å². The number of ether oxygens (including phenoxy) is 1. The van der Waals surface area contributed by atoms with Crippen molar-refractivity contribution in [1.82, 2.24) is 0 Å². The molecule has 1 aromatic rings. The van der Waals surface area contributed by atoms with Crippen LogP contribution in [0.4, 0.5) is 0 Å². The Kier molecular flexibility index (Phi) is 5.15. The van der Waals surface area contributed by atoms with Crippen LogP contribution in [0.5, 0.6) is 0 Å². The zero-order valence-electron chi connectivity index (χ0n) is 12.0. The molecule has 0 amide bonds. The van der Waals surface area contributed by atoms with E-state index in [-0.39, 0.29) is 0 Å². The van der Waals surface area contributed by atoms with Crippen molar-refractivity contribution in [2.24, 2.45) is 0 Å². The van der Waals surface area contributed by atoms with Crippen molar-refractivity contribution in [1.29, 1.82) is 5.26 Å². The first-order valence-corrected chi connectivity index (χ1v) is 7.30. The van der Waals surface area contributed by atoms with Gasteiger partial charge in [-0.1, -0.05) is 62.2 Å². The van der Waals surface area contributed by atoms with Gasteiger partial charge in [-0.05, 0) is 23.6 Å². The van der Waals surface area contributed by atoms with Crippen LogP contribution in [-0.4, -0.2) is 12.2 Å². The minimum atomic E-state index is -0.772. The van der Waals surface area contributed by atoms with Crippen molar-refractivity contribution in [3.8, 4) is 6.07 Å². The highest BCUT2D eigenvalue weighted by atomic mass is 16.5. The van der Waals surface area contributed by atoms with Gasteiger partial charge in [0.25, 0.3) is 0 Å². The molecule has 1 aliphatic rings. The normalized spacial score (nSPS) is 21.3. The van der Waals surface area contributed by atoms with Crippen LogP contribution in [0.15, 0.2) is 48.6 Å². The van der Waals surface area contributed by atoms with E-state index < -0.39 is 5.60 Å². The summed E-state index contributed by atoms with van der Waals surface area (Å²) >= 11 is 0. The Bertz CT molecular complexity index is 524. The lowest BCUT2D eigenvalue weighted by molar-refractivity contribution is 0.0325. The van der Waals surface area contributed by atoms with Crippen molar-refractivity contribution in [3.63, 3.8) is 0 Å². The van der Waals surface area contributed by atoms with Crippen LogP contribution in [0.1, 0.15) is 38.2 Å². The molecule has 0 fully saturated rings. The second-order valence-corrected chi connectivity index (χ2v) is 5.12. The van der Waals surface area contributed by atoms with Crippen LogP contribution in [0, 0.1) is 11.3 Å². The molecule has 2 nitrogen and oxygen atoms in total. The number of nitriles is 1. The van der Waals surface area contributed by atoms with Crippen molar-refractivity contribution in [2.45, 2.75) is 38.2 Å². The molecule has 104 valence electrons. The molecule has 20 heavy (non-hydrogen) atoms. The quantitative estimate of drug-likeness (QED) is 0.711. The number of allylic oxidation sites excluding steroid dienone is 2. The van der Waals surface area contributed by atoms with E-state index in [9.17, 15) is 5.26 Å². The Balaban J connectivity index is 1.99. The summed E-state index contributed by atoms with van der Waals surface area (Å²) in [5.41, 5.74) is 1.57. The molecule has 1 atom stereocenters. The number of unbranched alkanes of at least 4 members (excludes halogenated alkanes) is 2. The van der Waals surface area contributed by atoms with Gasteiger partial charge in [-0.2, -0.15) is 5.26 Å². The zero-order chi connectivity index (χ0) is 14.3. The van der Waals surface area contributed by atoms with Crippen LogP contribution >= 0.6 is 0 Å². The molecule has 0 aromatic heterocycles. The molecule has 0 radical (unpaired) electrons. The Hall–Kier alpha value is -1.85. The Morgan fingerprint density at radius 3 is 2.65 bits per heavy atom. The third-order valence-corrected chi connectivity index (χ3v) is 3.56. The standard InChI is InChI=1S/C18H21NO/c1-2-3-7-14-20-18(15-19)12-10-17(11-13-18)16-8-5-4-6-9-16/h4-6,8-12H,2-3,7,13-14H2,1H3. The molecule has 2 rings (SSSR count). The van der Waals surface area contributed by atoms with E-state index >= 15 is 0 Å². The maximum absolute atomic E-state index is 9.40. The summed E-state index contributed by atoms with van der Waals surface area (Å²) < 4.78 is 5.81. The topological polar surface area (TPSA) is 33.0 Å². The molecule has 1 aromatic carbocycles. The molecule has 0 heterocycles. The van der Waals surface area contributed by atoms with Crippen molar-refractivity contribution in [3.05, 3.63) is 54.1 Å². The number of hydrogen-bond acceptors (Lipinski definition) is 2. The maximum atomic E-state index is 9.40. The van der Waals surface area contributed by atoms with Crippen LogP contribution in [0.25, 0.3) is 5.57 Å². The lowest BCUT2D eigenvalue weighted by Gasteiger charge is -2.25. The molecule has 2 heteroatoms. The van der Waals surface area contributed by atoms with Gasteiger partial charge in [0.1, 0.15) is 6.07 Å². The molecule has 0 spiro atoms. The molecule has 0 N–H and O–H groups in total. The highest BCUT2D eigenvalue weighted by molar-refractivity contribution is 5.75. The van der Waals surface area contributed by atoms with Crippen LogP contribution in [0.3, 0.4) is 0 Å². The minimum Gasteiger partial charge on any atom is -0.356 e. The SMILES string of the molecule is CCCCCOC1(C#N)C=CC(c2ccccc2)=CC1. The summed E-state index contributed by atoms with van der Waals surface area (Å²) in [5.74, 6) is 0. The van der Waals surface area contributed by atoms with E-state index in [4.69, 9.17) is 4.74 Å². The fourth-order valence-electron chi connectivity index (χ4n) is 2.30. The molecular weight excluding hydrogens is 246 g/mol. The number of rotatable bonds is 6. The second-order valence-electron chi connectivity index (χ2n) is 5.12. The van der Waals surface area contributed by atoms with Gasteiger partial charge in [0, 0.05) is 13.0 Å². The number of hydrogen-bond donors (Lipinski definition) is 0. The predicted octanol–water partition coefficient (Wildman–Crippen LogP) is 4.50. The van der Waals surface area contributed by atoms with Gasteiger partial charge in [-0.3, -0.25) is 0 Å². The Morgan fingerprint density at radius 2 is 2.05 bits per heavy atom. The van der Waals surface area contributed by atoms with Crippen LogP contribution in [0.2, 0.25) is 0 Å². The van der Waals surface area contributed by atoms with Gasteiger partial charge in [0.05, 0.1) is 0 Å². The summed E-state index contributed by atoms with van der Waals surface area (Å²) in [6, 6.07) is 12.5. The first-order valence-electron chi connectivity index (χ1n) is 7.30. The summed E-state index contributed by atoms with van der Waals surface area (Å²) in [5, 5.41) is 9.40. The summed E-state index contributed by atoms with van der Waals surface area (Å²) in [4.78, 5) is 0. The third kappa shape index (κ3) is 3.59. The number of benzene rings is 1. The van der Waals surface area contributed by atoms with E-state index in [1.807, 2.05) is 30.4 Å². The second kappa shape index (κ2) is 7.07. The van der Waals surface area contributed by atoms with Crippen molar-refractivity contribution >= 4 is 5.57 Å². The van der Waals surface area contributed by atoms with E-state index in [1.54, 1.807) is 0 Å². The van der Waals surface area contributed by atoms with Crippen molar-refractivity contribution < 1.29 is 4.74 Å². The van der Waals surface area contributed by atoms with E-state index in [2.05, 4.69) is 31.2 Å². The highest BCUT2D eigenvalue weighted by Gasteiger charge is 2.29. The molecule has 1 unspecified atom stereocenters. The molecule has 0 saturated carbocycles. The fourth-order valence-corrected chi connectivity index (χ4v) is 2.30. The predicted molar refractivity (Wildman–Crippen MR) is 82.0 cm³/mol. The van der Waals surface area contributed by atoms with Gasteiger partial charge in [0.2, 0.25) is 0 Å². The Labute approximate surface area is 121 Å². The fraction of sp³-hybridized carbons (Fsp3) is 0.389. The summed E-state index contributed by atoms with van der Waals surface area (Å²) in [6.07, 6.45) is 9.95. The molecule has 0 saturated heterocycles. The first-order chi connectivity index (χ1) is 9.79.